The summed E-state index contributed by atoms with van der Waals surface area (Å²) in [4.78, 5) is 12.5. The molecule has 1 aliphatic heterocycles. The minimum atomic E-state index is -4.64. The van der Waals surface area contributed by atoms with Crippen molar-refractivity contribution < 1.29 is 31.1 Å². The van der Waals surface area contributed by atoms with E-state index in [2.05, 4.69) is 5.32 Å². The summed E-state index contributed by atoms with van der Waals surface area (Å²) in [5.41, 5.74) is -1.06. The minimum absolute atomic E-state index is 0.0415. The SMILES string of the molecule is CC(C)Oc1ccc(CNC(=O)c2sccc2S(=O)(=O)N2CCCC2)c(C(F)(F)F)c1. The summed E-state index contributed by atoms with van der Waals surface area (Å²) >= 11 is 0.937. The zero-order valence-electron chi connectivity index (χ0n) is 17.0. The van der Waals surface area contributed by atoms with Crippen LogP contribution in [0.1, 0.15) is 47.5 Å². The Morgan fingerprint density at radius 3 is 2.52 bits per heavy atom. The molecule has 3 rings (SSSR count). The van der Waals surface area contributed by atoms with Crippen molar-refractivity contribution in [1.29, 1.82) is 0 Å². The Morgan fingerprint density at radius 1 is 1.23 bits per heavy atom. The lowest BCUT2D eigenvalue weighted by Crippen LogP contribution is -2.30. The highest BCUT2D eigenvalue weighted by atomic mass is 32.2. The second kappa shape index (κ2) is 9.17. The summed E-state index contributed by atoms with van der Waals surface area (Å²) < 4.78 is 72.8. The molecule has 1 amide bonds. The Kier molecular flexibility index (Phi) is 6.97. The van der Waals surface area contributed by atoms with E-state index in [0.717, 1.165) is 30.2 Å². The Labute approximate surface area is 183 Å². The molecule has 0 atom stereocenters. The quantitative estimate of drug-likeness (QED) is 0.648. The number of carbonyl (C=O) groups is 1. The maximum absolute atomic E-state index is 13.5. The molecule has 0 saturated carbocycles. The molecule has 170 valence electrons. The lowest BCUT2D eigenvalue weighted by molar-refractivity contribution is -0.138. The van der Waals surface area contributed by atoms with Crippen LogP contribution < -0.4 is 10.1 Å². The molecule has 6 nitrogen and oxygen atoms in total. The molecule has 2 aromatic rings. The van der Waals surface area contributed by atoms with Crippen LogP contribution >= 0.6 is 11.3 Å². The van der Waals surface area contributed by atoms with Crippen LogP contribution in [0.5, 0.6) is 5.75 Å². The normalized spacial score (nSPS) is 15.4. The van der Waals surface area contributed by atoms with Gasteiger partial charge in [-0.1, -0.05) is 6.07 Å². The number of nitrogens with one attached hydrogen (secondary N) is 1. The number of halogens is 3. The fourth-order valence-electron chi connectivity index (χ4n) is 3.31. The van der Waals surface area contributed by atoms with E-state index in [4.69, 9.17) is 4.74 Å². The number of rotatable bonds is 7. The van der Waals surface area contributed by atoms with Crippen molar-refractivity contribution in [3.05, 3.63) is 45.6 Å². The number of amides is 1. The Balaban J connectivity index is 1.80. The van der Waals surface area contributed by atoms with E-state index in [1.807, 2.05) is 0 Å². The highest BCUT2D eigenvalue weighted by Gasteiger charge is 2.35. The van der Waals surface area contributed by atoms with Crippen LogP contribution in [0.4, 0.5) is 13.2 Å². The monoisotopic (exact) mass is 476 g/mol. The van der Waals surface area contributed by atoms with Gasteiger partial charge in [0.1, 0.15) is 15.5 Å². The molecular formula is C20H23F3N2O4S2. The van der Waals surface area contributed by atoms with E-state index < -0.39 is 34.2 Å². The summed E-state index contributed by atoms with van der Waals surface area (Å²) in [6.07, 6.45) is -3.42. The molecule has 1 fully saturated rings. The van der Waals surface area contributed by atoms with Crippen molar-refractivity contribution in [3.63, 3.8) is 0 Å². The van der Waals surface area contributed by atoms with Gasteiger partial charge in [-0.05, 0) is 55.8 Å². The third-order valence-electron chi connectivity index (χ3n) is 4.72. The topological polar surface area (TPSA) is 75.7 Å². The van der Waals surface area contributed by atoms with Crippen molar-refractivity contribution in [2.75, 3.05) is 13.1 Å². The fourth-order valence-corrected chi connectivity index (χ4v) is 6.14. The van der Waals surface area contributed by atoms with Gasteiger partial charge in [-0.25, -0.2) is 8.42 Å². The number of hydrogen-bond donors (Lipinski definition) is 1. The number of alkyl halides is 3. The van der Waals surface area contributed by atoms with Crippen LogP contribution in [-0.4, -0.2) is 37.8 Å². The molecule has 1 aromatic heterocycles. The largest absolute Gasteiger partial charge is 0.491 e. The van der Waals surface area contributed by atoms with Crippen LogP contribution in [0.2, 0.25) is 0 Å². The zero-order valence-corrected chi connectivity index (χ0v) is 18.7. The Bertz CT molecular complexity index is 1040. The van der Waals surface area contributed by atoms with Crippen LogP contribution in [-0.2, 0) is 22.7 Å². The maximum Gasteiger partial charge on any atom is 0.416 e. The third kappa shape index (κ3) is 5.39. The van der Waals surface area contributed by atoms with Gasteiger partial charge in [0.05, 0.1) is 11.7 Å². The van der Waals surface area contributed by atoms with Crippen LogP contribution in [0.15, 0.2) is 34.5 Å². The first-order valence-electron chi connectivity index (χ1n) is 9.73. The van der Waals surface area contributed by atoms with Crippen LogP contribution in [0, 0.1) is 0 Å². The molecule has 0 radical (unpaired) electrons. The summed E-state index contributed by atoms with van der Waals surface area (Å²) in [5.74, 6) is -0.655. The average Bonchev–Trinajstić information content (AvgIpc) is 3.37. The third-order valence-corrected chi connectivity index (χ3v) is 7.70. The highest BCUT2D eigenvalue weighted by Crippen LogP contribution is 2.35. The summed E-state index contributed by atoms with van der Waals surface area (Å²) in [7, 11) is -3.82. The van der Waals surface area contributed by atoms with Gasteiger partial charge in [0.2, 0.25) is 10.0 Å². The van der Waals surface area contributed by atoms with Gasteiger partial charge >= 0.3 is 6.18 Å². The van der Waals surface area contributed by atoms with Gasteiger partial charge in [0, 0.05) is 19.6 Å². The van der Waals surface area contributed by atoms with Gasteiger partial charge in [0.15, 0.2) is 0 Å². The second-order valence-electron chi connectivity index (χ2n) is 7.39. The average molecular weight is 477 g/mol. The number of carbonyl (C=O) groups excluding carboxylic acids is 1. The molecule has 1 saturated heterocycles. The number of hydrogen-bond acceptors (Lipinski definition) is 5. The number of thiophene rings is 1. The predicted octanol–water partition coefficient (Wildman–Crippen LogP) is 4.27. The molecule has 0 unspecified atom stereocenters. The lowest BCUT2D eigenvalue weighted by atomic mass is 10.1. The molecule has 11 heteroatoms. The van der Waals surface area contributed by atoms with Crippen LogP contribution in [0.3, 0.4) is 0 Å². The van der Waals surface area contributed by atoms with E-state index in [9.17, 15) is 26.4 Å². The van der Waals surface area contributed by atoms with E-state index in [-0.39, 0.29) is 27.2 Å². The maximum atomic E-state index is 13.5. The van der Waals surface area contributed by atoms with Gasteiger partial charge in [-0.15, -0.1) is 11.3 Å². The molecule has 1 aromatic carbocycles. The van der Waals surface area contributed by atoms with Crippen molar-refractivity contribution in [1.82, 2.24) is 9.62 Å². The molecule has 0 bridgehead atoms. The van der Waals surface area contributed by atoms with Crippen molar-refractivity contribution in [3.8, 4) is 5.75 Å². The van der Waals surface area contributed by atoms with E-state index in [1.54, 1.807) is 13.8 Å². The van der Waals surface area contributed by atoms with Crippen LogP contribution in [0.25, 0.3) is 0 Å². The second-order valence-corrected chi connectivity index (χ2v) is 10.2. The predicted molar refractivity (Wildman–Crippen MR) is 111 cm³/mol. The number of benzene rings is 1. The molecular weight excluding hydrogens is 453 g/mol. The number of ether oxygens (including phenoxy) is 1. The first-order valence-corrected chi connectivity index (χ1v) is 12.0. The first-order chi connectivity index (χ1) is 14.5. The van der Waals surface area contributed by atoms with E-state index in [0.29, 0.717) is 13.1 Å². The minimum Gasteiger partial charge on any atom is -0.491 e. The standard InChI is InChI=1S/C20H23F3N2O4S2/c1-13(2)29-15-6-5-14(16(11-15)20(21,22)23)12-24-19(26)18-17(7-10-30-18)31(27,28)25-8-3-4-9-25/h5-7,10-11,13H,3-4,8-9,12H2,1-2H3,(H,24,26). The Morgan fingerprint density at radius 2 is 1.90 bits per heavy atom. The molecule has 1 N–H and O–H groups in total. The van der Waals surface area contributed by atoms with Crippen molar-refractivity contribution in [2.45, 2.75) is 50.4 Å². The molecule has 0 spiro atoms. The van der Waals surface area contributed by atoms with E-state index in [1.165, 1.54) is 27.9 Å². The highest BCUT2D eigenvalue weighted by molar-refractivity contribution is 7.89. The van der Waals surface area contributed by atoms with Gasteiger partial charge < -0.3 is 10.1 Å². The van der Waals surface area contributed by atoms with Gasteiger partial charge in [-0.3, -0.25) is 4.79 Å². The van der Waals surface area contributed by atoms with Gasteiger partial charge in [0.25, 0.3) is 5.91 Å². The molecule has 1 aliphatic rings. The van der Waals surface area contributed by atoms with Crippen molar-refractivity contribution in [2.24, 2.45) is 0 Å². The Hall–Kier alpha value is -2.11. The summed E-state index contributed by atoms with van der Waals surface area (Å²) in [6.45, 7) is 3.78. The fraction of sp³-hybridized carbons (Fsp3) is 0.450. The summed E-state index contributed by atoms with van der Waals surface area (Å²) in [6, 6.07) is 4.91. The van der Waals surface area contributed by atoms with E-state index >= 15 is 0 Å². The molecule has 0 aliphatic carbocycles. The lowest BCUT2D eigenvalue weighted by Gasteiger charge is -2.17. The smallest absolute Gasteiger partial charge is 0.416 e. The zero-order chi connectivity index (χ0) is 22.8. The summed E-state index contributed by atoms with van der Waals surface area (Å²) in [5, 5.41) is 3.91. The first kappa shape index (κ1) is 23.6. The number of sulfonamides is 1. The number of nitrogens with zero attached hydrogens (tertiary/aromatic N) is 1. The van der Waals surface area contributed by atoms with Crippen molar-refractivity contribution >= 4 is 27.3 Å². The van der Waals surface area contributed by atoms with Gasteiger partial charge in [-0.2, -0.15) is 17.5 Å². The molecule has 31 heavy (non-hydrogen) atoms. The molecule has 2 heterocycles.